The number of anilines is 1. The predicted octanol–water partition coefficient (Wildman–Crippen LogP) is 3.98. The number of carbonyl (C=O) groups is 2. The molecule has 0 aliphatic heterocycles. The Bertz CT molecular complexity index is 849. The first kappa shape index (κ1) is 23.1. The molecule has 0 bridgehead atoms. The molecule has 0 fully saturated rings. The van der Waals surface area contributed by atoms with Gasteiger partial charge >= 0.3 is 0 Å². The van der Waals surface area contributed by atoms with Crippen LogP contribution in [0.1, 0.15) is 38.1 Å². The van der Waals surface area contributed by atoms with Crippen LogP contribution in [-0.2, 0) is 4.79 Å². The van der Waals surface area contributed by atoms with E-state index in [2.05, 4.69) is 5.32 Å². The number of hydrogen-bond acceptors (Lipinski definition) is 5. The number of carbonyl (C=O) groups excluding carboxylic acids is 2. The Morgan fingerprint density at radius 2 is 1.60 bits per heavy atom. The Morgan fingerprint density at radius 3 is 2.20 bits per heavy atom. The van der Waals surface area contributed by atoms with Crippen molar-refractivity contribution in [2.24, 2.45) is 0 Å². The van der Waals surface area contributed by atoms with Crippen molar-refractivity contribution in [3.8, 4) is 17.2 Å². The number of hydrogen-bond donors (Lipinski definition) is 1. The molecule has 1 N–H and O–H groups in total. The summed E-state index contributed by atoms with van der Waals surface area (Å²) in [6.07, 6.45) is 0.0590. The summed E-state index contributed by atoms with van der Waals surface area (Å²) in [5, 5.41) is 2.79. The lowest BCUT2D eigenvalue weighted by molar-refractivity contribution is -0.116. The minimum Gasteiger partial charge on any atom is -0.491 e. The summed E-state index contributed by atoms with van der Waals surface area (Å²) in [4.78, 5) is 26.4. The third-order valence-corrected chi connectivity index (χ3v) is 4.03. The lowest BCUT2D eigenvalue weighted by Crippen LogP contribution is -2.34. The van der Waals surface area contributed by atoms with Crippen LogP contribution in [0, 0.1) is 0 Å². The predicted molar refractivity (Wildman–Crippen MR) is 117 cm³/mol. The van der Waals surface area contributed by atoms with Crippen molar-refractivity contribution >= 4 is 17.5 Å². The number of ether oxygens (including phenoxy) is 3. The molecule has 0 saturated heterocycles. The first-order chi connectivity index (χ1) is 14.3. The monoisotopic (exact) mass is 414 g/mol. The fourth-order valence-electron chi connectivity index (χ4n) is 2.79. The molecule has 0 unspecified atom stereocenters. The quantitative estimate of drug-likeness (QED) is 0.636. The topological polar surface area (TPSA) is 77.1 Å². The summed E-state index contributed by atoms with van der Waals surface area (Å²) < 4.78 is 16.7. The van der Waals surface area contributed by atoms with Crippen LogP contribution in [0.15, 0.2) is 42.5 Å². The molecule has 0 aromatic heterocycles. The molecule has 0 radical (unpaired) electrons. The van der Waals surface area contributed by atoms with Crippen molar-refractivity contribution in [3.63, 3.8) is 0 Å². The summed E-state index contributed by atoms with van der Waals surface area (Å²) in [7, 11) is 1.59. The van der Waals surface area contributed by atoms with E-state index < -0.39 is 0 Å². The van der Waals surface area contributed by atoms with Gasteiger partial charge in [-0.2, -0.15) is 0 Å². The maximum Gasteiger partial charge on any atom is 0.254 e. The highest BCUT2D eigenvalue weighted by Gasteiger charge is 2.16. The molecule has 162 valence electrons. The van der Waals surface area contributed by atoms with Gasteiger partial charge in [0, 0.05) is 24.4 Å². The second kappa shape index (κ2) is 11.1. The van der Waals surface area contributed by atoms with E-state index in [1.165, 1.54) is 4.90 Å². The highest BCUT2D eigenvalue weighted by atomic mass is 16.5. The minimum absolute atomic E-state index is 0.0590. The molecule has 0 saturated carbocycles. The SMILES string of the molecule is CCOc1ccc(NC(=O)CN(C)C(=O)c2ccc(OC(C)C)cc2)cc1OCC. The second-order valence-corrected chi connectivity index (χ2v) is 6.93. The van der Waals surface area contributed by atoms with E-state index in [0.29, 0.717) is 41.7 Å². The van der Waals surface area contributed by atoms with Gasteiger partial charge < -0.3 is 24.4 Å². The zero-order valence-corrected chi connectivity index (χ0v) is 18.2. The van der Waals surface area contributed by atoms with Crippen LogP contribution < -0.4 is 19.5 Å². The summed E-state index contributed by atoms with van der Waals surface area (Å²) >= 11 is 0. The van der Waals surface area contributed by atoms with Gasteiger partial charge in [-0.1, -0.05) is 0 Å². The summed E-state index contributed by atoms with van der Waals surface area (Å²) in [5.74, 6) is 1.32. The average Bonchev–Trinajstić information content (AvgIpc) is 2.69. The number of nitrogens with one attached hydrogen (secondary N) is 1. The summed E-state index contributed by atoms with van der Waals surface area (Å²) in [6.45, 7) is 8.56. The van der Waals surface area contributed by atoms with E-state index >= 15 is 0 Å². The number of nitrogens with zero attached hydrogens (tertiary/aromatic N) is 1. The fraction of sp³-hybridized carbons (Fsp3) is 0.391. The van der Waals surface area contributed by atoms with Gasteiger partial charge in [-0.05, 0) is 64.1 Å². The highest BCUT2D eigenvalue weighted by Crippen LogP contribution is 2.30. The molecule has 0 aliphatic carbocycles. The zero-order valence-electron chi connectivity index (χ0n) is 18.2. The van der Waals surface area contributed by atoms with E-state index in [9.17, 15) is 9.59 Å². The third kappa shape index (κ3) is 6.69. The smallest absolute Gasteiger partial charge is 0.254 e. The van der Waals surface area contributed by atoms with Crippen molar-refractivity contribution in [2.45, 2.75) is 33.8 Å². The molecule has 7 heteroatoms. The Morgan fingerprint density at radius 1 is 0.967 bits per heavy atom. The van der Waals surface area contributed by atoms with Gasteiger partial charge in [0.1, 0.15) is 5.75 Å². The number of benzene rings is 2. The molecule has 7 nitrogen and oxygen atoms in total. The largest absolute Gasteiger partial charge is 0.491 e. The first-order valence-electron chi connectivity index (χ1n) is 10.1. The first-order valence-corrected chi connectivity index (χ1v) is 10.1. The molecule has 2 aromatic rings. The normalized spacial score (nSPS) is 10.5. The Kier molecular flexibility index (Phi) is 8.53. The van der Waals surface area contributed by atoms with Gasteiger partial charge in [-0.15, -0.1) is 0 Å². The highest BCUT2D eigenvalue weighted by molar-refractivity contribution is 5.99. The van der Waals surface area contributed by atoms with Crippen LogP contribution >= 0.6 is 0 Å². The number of rotatable bonds is 10. The number of amides is 2. The summed E-state index contributed by atoms with van der Waals surface area (Å²) in [6, 6.07) is 12.1. The molecule has 0 atom stereocenters. The van der Waals surface area contributed by atoms with E-state index in [1.54, 1.807) is 49.5 Å². The van der Waals surface area contributed by atoms with Crippen molar-refractivity contribution in [3.05, 3.63) is 48.0 Å². The summed E-state index contributed by atoms with van der Waals surface area (Å²) in [5.41, 5.74) is 1.06. The zero-order chi connectivity index (χ0) is 22.1. The van der Waals surface area contributed by atoms with Gasteiger partial charge in [0.05, 0.1) is 25.9 Å². The third-order valence-electron chi connectivity index (χ3n) is 4.03. The van der Waals surface area contributed by atoms with E-state index in [0.717, 1.165) is 0 Å². The molecule has 0 heterocycles. The fourth-order valence-corrected chi connectivity index (χ4v) is 2.79. The molecular weight excluding hydrogens is 384 g/mol. The van der Waals surface area contributed by atoms with Crippen LogP contribution in [-0.4, -0.2) is 49.6 Å². The average molecular weight is 415 g/mol. The lowest BCUT2D eigenvalue weighted by atomic mass is 10.2. The van der Waals surface area contributed by atoms with E-state index in [-0.39, 0.29) is 24.5 Å². The van der Waals surface area contributed by atoms with Crippen molar-refractivity contribution in [1.82, 2.24) is 4.90 Å². The second-order valence-electron chi connectivity index (χ2n) is 6.93. The van der Waals surface area contributed by atoms with Crippen molar-refractivity contribution in [2.75, 3.05) is 32.1 Å². The van der Waals surface area contributed by atoms with Gasteiger partial charge in [0.25, 0.3) is 5.91 Å². The van der Waals surface area contributed by atoms with Crippen molar-refractivity contribution in [1.29, 1.82) is 0 Å². The minimum atomic E-state index is -0.308. The maximum atomic E-state index is 12.6. The molecule has 0 spiro atoms. The van der Waals surface area contributed by atoms with Gasteiger partial charge in [0.2, 0.25) is 5.91 Å². The van der Waals surface area contributed by atoms with Crippen molar-refractivity contribution < 1.29 is 23.8 Å². The molecule has 2 amide bonds. The molecular formula is C23H30N2O5. The van der Waals surface area contributed by atoms with E-state index in [4.69, 9.17) is 14.2 Å². The molecule has 2 aromatic carbocycles. The van der Waals surface area contributed by atoms with E-state index in [1.807, 2.05) is 27.7 Å². The van der Waals surface area contributed by atoms with Gasteiger partial charge in [-0.25, -0.2) is 0 Å². The van der Waals surface area contributed by atoms with Gasteiger partial charge in [0.15, 0.2) is 11.5 Å². The Hall–Kier alpha value is -3.22. The van der Waals surface area contributed by atoms with Crippen LogP contribution in [0.2, 0.25) is 0 Å². The van der Waals surface area contributed by atoms with Crippen LogP contribution in [0.5, 0.6) is 17.2 Å². The molecule has 30 heavy (non-hydrogen) atoms. The molecule has 2 rings (SSSR count). The maximum absolute atomic E-state index is 12.6. The van der Waals surface area contributed by atoms with Crippen LogP contribution in [0.3, 0.4) is 0 Å². The Labute approximate surface area is 177 Å². The standard InChI is InChI=1S/C23H30N2O5/c1-6-28-20-13-10-18(14-21(20)29-7-2)24-22(26)15-25(5)23(27)17-8-11-19(12-9-17)30-16(3)4/h8-14,16H,6-7,15H2,1-5H3,(H,24,26). The number of likely N-dealkylation sites (N-methyl/N-ethyl adjacent to an activating group) is 1. The lowest BCUT2D eigenvalue weighted by Gasteiger charge is -2.18. The van der Waals surface area contributed by atoms with Gasteiger partial charge in [-0.3, -0.25) is 9.59 Å². The van der Waals surface area contributed by atoms with Crippen LogP contribution in [0.25, 0.3) is 0 Å². The molecule has 0 aliphatic rings. The van der Waals surface area contributed by atoms with Crippen LogP contribution in [0.4, 0.5) is 5.69 Å². The Balaban J connectivity index is 1.98.